The highest BCUT2D eigenvalue weighted by atomic mass is 16.5. The van der Waals surface area contributed by atoms with Crippen LogP contribution in [-0.2, 0) is 6.42 Å². The molecule has 0 aliphatic rings. The second-order valence-electron chi connectivity index (χ2n) is 7.39. The van der Waals surface area contributed by atoms with Gasteiger partial charge in [0.1, 0.15) is 29.8 Å². The summed E-state index contributed by atoms with van der Waals surface area (Å²) < 4.78 is 11.9. The van der Waals surface area contributed by atoms with Crippen molar-refractivity contribution in [2.75, 3.05) is 26.2 Å². The van der Waals surface area contributed by atoms with Gasteiger partial charge in [-0.05, 0) is 43.3 Å². The number of para-hydroxylation sites is 1. The Morgan fingerprint density at radius 1 is 1.00 bits per heavy atom. The number of fused-ring (bicyclic) bond motifs is 1. The van der Waals surface area contributed by atoms with E-state index in [1.807, 2.05) is 48.5 Å². The summed E-state index contributed by atoms with van der Waals surface area (Å²) >= 11 is 0. The van der Waals surface area contributed by atoms with Crippen molar-refractivity contribution in [3.63, 3.8) is 0 Å². The van der Waals surface area contributed by atoms with Crippen molar-refractivity contribution in [2.24, 2.45) is 0 Å². The number of rotatable bonds is 11. The van der Waals surface area contributed by atoms with Crippen LogP contribution in [0.4, 0.5) is 0 Å². The summed E-state index contributed by atoms with van der Waals surface area (Å²) in [5, 5.41) is 12.1. The molecular weight excluding hydrogens is 362 g/mol. The Kier molecular flexibility index (Phi) is 7.73. The van der Waals surface area contributed by atoms with Crippen molar-refractivity contribution in [1.29, 1.82) is 0 Å². The lowest BCUT2D eigenvalue weighted by Gasteiger charge is -2.18. The van der Waals surface area contributed by atoms with E-state index in [1.165, 1.54) is 0 Å². The van der Waals surface area contributed by atoms with Gasteiger partial charge in [0.15, 0.2) is 0 Å². The molecule has 0 amide bonds. The van der Waals surface area contributed by atoms with Gasteiger partial charge in [-0.1, -0.05) is 57.5 Å². The normalized spacial score (nSPS) is 12.6. The number of aliphatic hydroxyl groups excluding tert-OH is 1. The third-order valence-electron chi connectivity index (χ3n) is 5.51. The first-order valence-corrected chi connectivity index (χ1v) is 10.8. The van der Waals surface area contributed by atoms with Crippen LogP contribution in [0.5, 0.6) is 5.75 Å². The predicted molar refractivity (Wildman–Crippen MR) is 119 cm³/mol. The SMILES string of the molecule is CCCCc1oc2ccccc2c1C(O)c1ccc(OCCN(CC)CC)cc1. The quantitative estimate of drug-likeness (QED) is 0.460. The Hall–Kier alpha value is -2.30. The van der Waals surface area contributed by atoms with E-state index in [2.05, 4.69) is 25.7 Å². The predicted octanol–water partition coefficient (Wildman–Crippen LogP) is 5.58. The number of benzene rings is 2. The lowest BCUT2D eigenvalue weighted by atomic mass is 9.97. The minimum absolute atomic E-state index is 0.664. The maximum absolute atomic E-state index is 11.2. The van der Waals surface area contributed by atoms with Crippen LogP contribution in [0, 0.1) is 0 Å². The van der Waals surface area contributed by atoms with Crippen LogP contribution in [0.25, 0.3) is 11.0 Å². The van der Waals surface area contributed by atoms with Crippen molar-refractivity contribution in [2.45, 2.75) is 46.1 Å². The number of aryl methyl sites for hydroxylation is 1. The molecule has 0 aliphatic carbocycles. The zero-order chi connectivity index (χ0) is 20.6. The van der Waals surface area contributed by atoms with Crippen LogP contribution in [0.1, 0.15) is 56.6 Å². The number of hydrogen-bond donors (Lipinski definition) is 1. The third kappa shape index (κ3) is 5.20. The lowest BCUT2D eigenvalue weighted by molar-refractivity contribution is 0.216. The summed E-state index contributed by atoms with van der Waals surface area (Å²) in [6, 6.07) is 15.7. The van der Waals surface area contributed by atoms with Gasteiger partial charge >= 0.3 is 0 Å². The largest absolute Gasteiger partial charge is 0.492 e. The molecule has 0 saturated heterocycles. The van der Waals surface area contributed by atoms with Crippen LogP contribution in [0.2, 0.25) is 0 Å². The summed E-state index contributed by atoms with van der Waals surface area (Å²) in [7, 11) is 0. The minimum atomic E-state index is -0.713. The number of nitrogens with zero attached hydrogens (tertiary/aromatic N) is 1. The van der Waals surface area contributed by atoms with E-state index < -0.39 is 6.10 Å². The first kappa shape index (κ1) is 21.4. The van der Waals surface area contributed by atoms with Crippen molar-refractivity contribution in [1.82, 2.24) is 4.90 Å². The van der Waals surface area contributed by atoms with Gasteiger partial charge in [0.25, 0.3) is 0 Å². The summed E-state index contributed by atoms with van der Waals surface area (Å²) in [6.07, 6.45) is 2.25. The fourth-order valence-corrected chi connectivity index (χ4v) is 3.68. The van der Waals surface area contributed by atoms with Gasteiger partial charge in [0.05, 0.1) is 0 Å². The van der Waals surface area contributed by atoms with Crippen LogP contribution in [0.15, 0.2) is 52.9 Å². The van der Waals surface area contributed by atoms with Gasteiger partial charge in [-0.3, -0.25) is 0 Å². The fourth-order valence-electron chi connectivity index (χ4n) is 3.68. The smallest absolute Gasteiger partial charge is 0.134 e. The molecule has 4 heteroatoms. The molecule has 1 atom stereocenters. The van der Waals surface area contributed by atoms with E-state index >= 15 is 0 Å². The highest BCUT2D eigenvalue weighted by Gasteiger charge is 2.22. The second-order valence-corrected chi connectivity index (χ2v) is 7.39. The van der Waals surface area contributed by atoms with E-state index in [0.29, 0.717) is 6.61 Å². The number of aliphatic hydroxyl groups is 1. The Morgan fingerprint density at radius 2 is 1.72 bits per heavy atom. The van der Waals surface area contributed by atoms with Gasteiger partial charge in [0.2, 0.25) is 0 Å². The van der Waals surface area contributed by atoms with Gasteiger partial charge in [-0.25, -0.2) is 0 Å². The molecule has 0 radical (unpaired) electrons. The Morgan fingerprint density at radius 3 is 2.41 bits per heavy atom. The summed E-state index contributed by atoms with van der Waals surface area (Å²) in [5.41, 5.74) is 2.58. The fraction of sp³-hybridized carbons (Fsp3) is 0.440. The van der Waals surface area contributed by atoms with Gasteiger partial charge < -0.3 is 19.2 Å². The van der Waals surface area contributed by atoms with Crippen molar-refractivity contribution in [3.05, 3.63) is 65.4 Å². The summed E-state index contributed by atoms with van der Waals surface area (Å²) in [5.74, 6) is 1.72. The molecule has 0 spiro atoms. The lowest BCUT2D eigenvalue weighted by Crippen LogP contribution is -2.27. The number of hydrogen-bond acceptors (Lipinski definition) is 4. The highest BCUT2D eigenvalue weighted by Crippen LogP contribution is 2.35. The first-order chi connectivity index (χ1) is 14.2. The molecule has 0 bridgehead atoms. The maximum atomic E-state index is 11.2. The molecule has 3 aromatic rings. The molecule has 156 valence electrons. The molecule has 1 unspecified atom stereocenters. The molecule has 0 saturated carbocycles. The highest BCUT2D eigenvalue weighted by molar-refractivity contribution is 5.83. The molecule has 0 aliphatic heterocycles. The van der Waals surface area contributed by atoms with Crippen molar-refractivity contribution >= 4 is 11.0 Å². The van der Waals surface area contributed by atoms with Crippen molar-refractivity contribution in [3.8, 4) is 5.75 Å². The first-order valence-electron chi connectivity index (χ1n) is 10.8. The summed E-state index contributed by atoms with van der Waals surface area (Å²) in [6.45, 7) is 10.1. The Labute approximate surface area is 174 Å². The van der Waals surface area contributed by atoms with Gasteiger partial charge in [-0.2, -0.15) is 0 Å². The van der Waals surface area contributed by atoms with E-state index in [4.69, 9.17) is 9.15 Å². The molecular formula is C25H33NO3. The molecule has 1 aromatic heterocycles. The van der Waals surface area contributed by atoms with Crippen LogP contribution < -0.4 is 4.74 Å². The molecule has 1 heterocycles. The number of ether oxygens (including phenoxy) is 1. The number of unbranched alkanes of at least 4 members (excludes halogenated alkanes) is 1. The Bertz CT molecular complexity index is 881. The standard InChI is InChI=1S/C25H33NO3/c1-4-7-11-23-24(21-10-8-9-12-22(21)29-23)25(27)19-13-15-20(16-14-19)28-18-17-26(5-2)6-3/h8-10,12-16,25,27H,4-7,11,17-18H2,1-3H3. The average molecular weight is 396 g/mol. The van der Waals surface area contributed by atoms with Crippen LogP contribution in [0.3, 0.4) is 0 Å². The topological polar surface area (TPSA) is 45.8 Å². The van der Waals surface area contributed by atoms with E-state index in [-0.39, 0.29) is 0 Å². The third-order valence-corrected chi connectivity index (χ3v) is 5.51. The molecule has 0 fully saturated rings. The minimum Gasteiger partial charge on any atom is -0.492 e. The average Bonchev–Trinajstić information content (AvgIpc) is 3.13. The van der Waals surface area contributed by atoms with Crippen molar-refractivity contribution < 1.29 is 14.3 Å². The number of likely N-dealkylation sites (N-methyl/N-ethyl adjacent to an activating group) is 1. The molecule has 2 aromatic carbocycles. The molecule has 3 rings (SSSR count). The van der Waals surface area contributed by atoms with Crippen LogP contribution in [-0.4, -0.2) is 36.2 Å². The monoisotopic (exact) mass is 395 g/mol. The van der Waals surface area contributed by atoms with E-state index in [0.717, 1.165) is 72.5 Å². The molecule has 4 nitrogen and oxygen atoms in total. The summed E-state index contributed by atoms with van der Waals surface area (Å²) in [4.78, 5) is 2.33. The van der Waals surface area contributed by atoms with E-state index in [9.17, 15) is 5.11 Å². The van der Waals surface area contributed by atoms with E-state index in [1.54, 1.807) is 0 Å². The zero-order valence-corrected chi connectivity index (χ0v) is 17.9. The maximum Gasteiger partial charge on any atom is 0.134 e. The Balaban J connectivity index is 1.75. The zero-order valence-electron chi connectivity index (χ0n) is 17.9. The molecule has 29 heavy (non-hydrogen) atoms. The number of furan rings is 1. The second kappa shape index (κ2) is 10.5. The molecule has 1 N–H and O–H groups in total. The van der Waals surface area contributed by atoms with Gasteiger partial charge in [0, 0.05) is 23.9 Å². The van der Waals surface area contributed by atoms with Gasteiger partial charge in [-0.15, -0.1) is 0 Å². The van der Waals surface area contributed by atoms with Crippen LogP contribution >= 0.6 is 0 Å².